The number of imidazole rings is 1. The number of hydrogen-bond donors (Lipinski definition) is 2. The third-order valence-electron chi connectivity index (χ3n) is 8.35. The Kier molecular flexibility index (Phi) is 8.21. The maximum atomic E-state index is 12.7. The summed E-state index contributed by atoms with van der Waals surface area (Å²) in [6.07, 6.45) is 10.4. The van der Waals surface area contributed by atoms with Gasteiger partial charge in [-0.25, -0.2) is 23.1 Å². The van der Waals surface area contributed by atoms with Crippen molar-refractivity contribution in [3.05, 3.63) is 66.6 Å². The number of ether oxygens (including phenoxy) is 1. The van der Waals surface area contributed by atoms with Crippen LogP contribution in [-0.2, 0) is 26.0 Å². The highest BCUT2D eigenvalue weighted by atomic mass is 32.2. The number of nitrogens with zero attached hydrogens (tertiary/aromatic N) is 4. The fourth-order valence-electron chi connectivity index (χ4n) is 5.86. The number of carbonyl (C=O) groups excluding carboxylic acids is 1. The molecule has 2 fully saturated rings. The van der Waals surface area contributed by atoms with E-state index in [4.69, 9.17) is 14.7 Å². The Labute approximate surface area is 246 Å². The van der Waals surface area contributed by atoms with E-state index in [2.05, 4.69) is 56.8 Å². The zero-order valence-electron chi connectivity index (χ0n) is 23.7. The number of hydrogen-bond acceptors (Lipinski definition) is 8. The maximum absolute atomic E-state index is 12.7. The Morgan fingerprint density at radius 2 is 1.81 bits per heavy atom. The lowest BCUT2D eigenvalue weighted by Gasteiger charge is -2.36. The summed E-state index contributed by atoms with van der Waals surface area (Å²) in [5, 5.41) is 0. The third-order valence-corrected chi connectivity index (χ3v) is 9.68. The Balaban J connectivity index is 0.960. The molecule has 0 atom stereocenters. The van der Waals surface area contributed by atoms with Gasteiger partial charge in [-0.15, -0.1) is 0 Å². The van der Waals surface area contributed by atoms with Crippen LogP contribution in [0.5, 0.6) is 0 Å². The van der Waals surface area contributed by atoms with Crippen LogP contribution in [0, 0.1) is 5.92 Å². The van der Waals surface area contributed by atoms with Gasteiger partial charge >= 0.3 is 0 Å². The summed E-state index contributed by atoms with van der Waals surface area (Å²) >= 11 is 0. The Hall–Kier alpha value is -3.83. The van der Waals surface area contributed by atoms with E-state index in [9.17, 15) is 13.2 Å². The Bertz CT molecular complexity index is 1630. The second-order valence-corrected chi connectivity index (χ2v) is 12.8. The van der Waals surface area contributed by atoms with Crippen LogP contribution in [0.4, 0.5) is 5.82 Å². The number of piperidine rings is 1. The lowest BCUT2D eigenvalue weighted by Crippen LogP contribution is -2.41. The van der Waals surface area contributed by atoms with Gasteiger partial charge in [-0.3, -0.25) is 9.78 Å². The molecule has 220 valence electrons. The van der Waals surface area contributed by atoms with E-state index in [-0.39, 0.29) is 23.0 Å². The van der Waals surface area contributed by atoms with Gasteiger partial charge in [0.2, 0.25) is 5.91 Å². The zero-order chi connectivity index (χ0) is 29.1. The Morgan fingerprint density at radius 3 is 2.50 bits per heavy atom. The van der Waals surface area contributed by atoms with E-state index >= 15 is 0 Å². The molecule has 6 rings (SSSR count). The van der Waals surface area contributed by atoms with Crippen LogP contribution in [0.15, 0.2) is 66.0 Å². The average molecular weight is 589 g/mol. The van der Waals surface area contributed by atoms with Crippen molar-refractivity contribution in [2.24, 2.45) is 5.92 Å². The van der Waals surface area contributed by atoms with Crippen LogP contribution in [0.25, 0.3) is 22.4 Å². The molecule has 0 radical (unpaired) electrons. The summed E-state index contributed by atoms with van der Waals surface area (Å²) in [6, 6.07) is 13.4. The van der Waals surface area contributed by atoms with Crippen molar-refractivity contribution in [1.82, 2.24) is 24.7 Å². The lowest BCUT2D eigenvalue weighted by atomic mass is 9.87. The number of carbonyl (C=O) groups is 1. The molecule has 4 heterocycles. The molecule has 11 heteroatoms. The van der Waals surface area contributed by atoms with E-state index in [0.717, 1.165) is 73.4 Å². The van der Waals surface area contributed by atoms with Gasteiger partial charge in [0.05, 0.1) is 23.2 Å². The number of aryl methyl sites for hydroxylation is 1. The number of amides is 1. The zero-order valence-corrected chi connectivity index (χ0v) is 24.5. The highest BCUT2D eigenvalue weighted by molar-refractivity contribution is 7.90. The maximum Gasteiger partial charge on any atom is 0.265 e. The molecule has 1 saturated heterocycles. The monoisotopic (exact) mass is 588 g/mol. The first-order valence-corrected chi connectivity index (χ1v) is 16.2. The average Bonchev–Trinajstić information content (AvgIpc) is 3.46. The van der Waals surface area contributed by atoms with Crippen LogP contribution < -0.4 is 9.62 Å². The molecule has 2 aliphatic rings. The number of sulfonamides is 1. The first-order valence-electron chi connectivity index (χ1n) is 14.7. The molecule has 42 heavy (non-hydrogen) atoms. The number of aromatic nitrogens is 4. The van der Waals surface area contributed by atoms with Gasteiger partial charge in [-0.1, -0.05) is 13.0 Å². The number of fused-ring (bicyclic) bond motifs is 1. The quantitative estimate of drug-likeness (QED) is 0.305. The van der Waals surface area contributed by atoms with Crippen molar-refractivity contribution in [3.8, 4) is 11.4 Å². The van der Waals surface area contributed by atoms with Crippen LogP contribution in [-0.4, -0.2) is 59.6 Å². The normalized spacial score (nSPS) is 20.1. The summed E-state index contributed by atoms with van der Waals surface area (Å²) < 4.78 is 33.6. The topological polar surface area (TPSA) is 130 Å². The predicted octanol–water partition coefficient (Wildman–Crippen LogP) is 4.63. The minimum absolute atomic E-state index is 0.00971. The van der Waals surface area contributed by atoms with E-state index in [0.29, 0.717) is 12.8 Å². The second kappa shape index (κ2) is 12.2. The number of H-pyrrole nitrogens is 1. The number of aromatic amines is 1. The van der Waals surface area contributed by atoms with Crippen LogP contribution in [0.1, 0.15) is 51.0 Å². The minimum atomic E-state index is -3.91. The number of anilines is 1. The molecule has 1 aliphatic heterocycles. The fourth-order valence-corrected chi connectivity index (χ4v) is 6.87. The standard InChI is InChI=1S/C31H36N6O4S/c1-2-21-5-11-27-28(18-21)35-30(34-27)23-8-12-29(33-19-23)37-16-13-25(14-17-37)41-24-9-6-22(7-10-24)31(38)36-42(39,40)26-4-3-15-32-20-26/h3-5,8,11-12,15,18-20,22,24-25H,2,6-7,9-10,13-14,16-17H2,1H3,(H,34,35)(H,36,38). The molecule has 0 spiro atoms. The largest absolute Gasteiger partial charge is 0.375 e. The SMILES string of the molecule is CCc1ccc2nc(-c3ccc(N4CCC(OC5CCC(C(=O)NS(=O)(=O)c6cccnc6)CC5)CC4)nc3)[nH]c2c1. The van der Waals surface area contributed by atoms with E-state index in [1.807, 2.05) is 6.20 Å². The van der Waals surface area contributed by atoms with Crippen LogP contribution in [0.2, 0.25) is 0 Å². The van der Waals surface area contributed by atoms with Gasteiger partial charge < -0.3 is 14.6 Å². The van der Waals surface area contributed by atoms with Crippen molar-refractivity contribution in [1.29, 1.82) is 0 Å². The fraction of sp³-hybridized carbons (Fsp3) is 0.419. The molecule has 2 N–H and O–H groups in total. The third kappa shape index (κ3) is 6.32. The molecule has 0 bridgehead atoms. The van der Waals surface area contributed by atoms with Gasteiger partial charge in [-0.2, -0.15) is 0 Å². The number of benzene rings is 1. The molecular formula is C31H36N6O4S. The predicted molar refractivity (Wildman–Crippen MR) is 160 cm³/mol. The first kappa shape index (κ1) is 28.3. The highest BCUT2D eigenvalue weighted by Crippen LogP contribution is 2.30. The molecule has 0 unspecified atom stereocenters. The van der Waals surface area contributed by atoms with Crippen LogP contribution >= 0.6 is 0 Å². The summed E-state index contributed by atoms with van der Waals surface area (Å²) in [7, 11) is -3.91. The van der Waals surface area contributed by atoms with Crippen molar-refractivity contribution in [3.63, 3.8) is 0 Å². The summed E-state index contributed by atoms with van der Waals surface area (Å²) in [4.78, 5) is 31.6. The van der Waals surface area contributed by atoms with E-state index in [1.165, 1.54) is 30.1 Å². The van der Waals surface area contributed by atoms with Crippen molar-refractivity contribution >= 4 is 32.8 Å². The summed E-state index contributed by atoms with van der Waals surface area (Å²) in [6.45, 7) is 3.88. The molecule has 3 aromatic heterocycles. The summed E-state index contributed by atoms with van der Waals surface area (Å²) in [5.41, 5.74) is 4.24. The van der Waals surface area contributed by atoms with Crippen molar-refractivity contribution < 1.29 is 17.9 Å². The van der Waals surface area contributed by atoms with E-state index < -0.39 is 15.9 Å². The molecule has 1 amide bonds. The van der Waals surface area contributed by atoms with Crippen molar-refractivity contribution in [2.75, 3.05) is 18.0 Å². The second-order valence-electron chi connectivity index (χ2n) is 11.2. The molecule has 1 saturated carbocycles. The smallest absolute Gasteiger partial charge is 0.265 e. The molecule has 4 aromatic rings. The summed E-state index contributed by atoms with van der Waals surface area (Å²) in [5.74, 6) is 0.997. The van der Waals surface area contributed by atoms with Crippen LogP contribution in [0.3, 0.4) is 0 Å². The van der Waals surface area contributed by atoms with Gasteiger partial charge in [0.25, 0.3) is 10.0 Å². The number of rotatable bonds is 8. The minimum Gasteiger partial charge on any atom is -0.375 e. The van der Waals surface area contributed by atoms with Gasteiger partial charge in [-0.05, 0) is 86.9 Å². The first-order chi connectivity index (χ1) is 20.4. The Morgan fingerprint density at radius 1 is 1.02 bits per heavy atom. The van der Waals surface area contributed by atoms with Gasteiger partial charge in [0.15, 0.2) is 0 Å². The van der Waals surface area contributed by atoms with Gasteiger partial charge in [0.1, 0.15) is 16.5 Å². The molecule has 1 aromatic carbocycles. The highest BCUT2D eigenvalue weighted by Gasteiger charge is 2.31. The molecular weight excluding hydrogens is 552 g/mol. The number of pyridine rings is 2. The van der Waals surface area contributed by atoms with E-state index in [1.54, 1.807) is 0 Å². The molecule has 1 aliphatic carbocycles. The molecule has 10 nitrogen and oxygen atoms in total. The van der Waals surface area contributed by atoms with Gasteiger partial charge in [0, 0.05) is 43.2 Å². The van der Waals surface area contributed by atoms with Crippen molar-refractivity contribution in [2.45, 2.75) is 69.0 Å². The lowest BCUT2D eigenvalue weighted by molar-refractivity contribution is -0.125. The number of nitrogens with one attached hydrogen (secondary N) is 2.